The molecule has 2 heterocycles. The van der Waals surface area contributed by atoms with E-state index in [4.69, 9.17) is 15.2 Å². The molecule has 21 heavy (non-hydrogen) atoms. The van der Waals surface area contributed by atoms with Crippen LogP contribution in [-0.2, 0) is 9.47 Å². The molecule has 0 spiro atoms. The van der Waals surface area contributed by atoms with Crippen molar-refractivity contribution in [3.63, 3.8) is 0 Å². The Morgan fingerprint density at radius 3 is 2.52 bits per heavy atom. The van der Waals surface area contributed by atoms with Crippen LogP contribution in [0.5, 0.6) is 0 Å². The average Bonchev–Trinajstić information content (AvgIpc) is 2.76. The summed E-state index contributed by atoms with van der Waals surface area (Å²) < 4.78 is 13.5. The van der Waals surface area contributed by atoms with Crippen LogP contribution in [0.25, 0.3) is 0 Å². The summed E-state index contributed by atoms with van der Waals surface area (Å²) in [5, 5.41) is 0. The molecule has 0 aliphatic carbocycles. The third-order valence-electron chi connectivity index (χ3n) is 3.88. The number of esters is 1. The highest BCUT2D eigenvalue weighted by Gasteiger charge is 2.48. The fourth-order valence-electron chi connectivity index (χ4n) is 2.98. The Labute approximate surface area is 126 Å². The maximum absolute atomic E-state index is 12.5. The van der Waals surface area contributed by atoms with E-state index in [0.29, 0.717) is 17.8 Å². The van der Waals surface area contributed by atoms with Gasteiger partial charge >= 0.3 is 5.97 Å². The van der Waals surface area contributed by atoms with E-state index in [0.717, 1.165) is 0 Å². The number of nitrogens with zero attached hydrogens (tertiary/aromatic N) is 1. The maximum atomic E-state index is 12.5. The zero-order valence-electron chi connectivity index (χ0n) is 13.8. The van der Waals surface area contributed by atoms with Gasteiger partial charge in [-0.15, -0.1) is 0 Å². The van der Waals surface area contributed by atoms with E-state index in [1.54, 1.807) is 12.3 Å². The lowest BCUT2D eigenvalue weighted by molar-refractivity contribution is -0.0926. The van der Waals surface area contributed by atoms with Gasteiger partial charge in [0.25, 0.3) is 0 Å². The fourth-order valence-corrected chi connectivity index (χ4v) is 2.98. The van der Waals surface area contributed by atoms with Gasteiger partial charge in [0, 0.05) is 18.7 Å². The molecule has 1 aliphatic heterocycles. The van der Waals surface area contributed by atoms with Gasteiger partial charge in [0.15, 0.2) is 0 Å². The van der Waals surface area contributed by atoms with Crippen LogP contribution in [0, 0.1) is 0 Å². The van der Waals surface area contributed by atoms with E-state index in [2.05, 4.69) is 0 Å². The molecule has 2 N–H and O–H groups in total. The molecule has 5 heteroatoms. The lowest BCUT2D eigenvalue weighted by Gasteiger charge is -2.27. The van der Waals surface area contributed by atoms with Gasteiger partial charge in [0.05, 0.1) is 11.3 Å². The van der Waals surface area contributed by atoms with Crippen molar-refractivity contribution in [2.45, 2.75) is 71.3 Å². The second-order valence-corrected chi connectivity index (χ2v) is 7.22. The molecule has 5 nitrogen and oxygen atoms in total. The molecule has 1 atom stereocenters. The highest BCUT2D eigenvalue weighted by Crippen LogP contribution is 2.39. The predicted molar refractivity (Wildman–Crippen MR) is 82.3 cm³/mol. The molecule has 1 saturated heterocycles. The Kier molecular flexibility index (Phi) is 3.82. The van der Waals surface area contributed by atoms with Gasteiger partial charge in [-0.1, -0.05) is 0 Å². The topological polar surface area (TPSA) is 66.5 Å². The van der Waals surface area contributed by atoms with Crippen molar-refractivity contribution in [2.24, 2.45) is 0 Å². The summed E-state index contributed by atoms with van der Waals surface area (Å²) in [5.41, 5.74) is 6.09. The van der Waals surface area contributed by atoms with E-state index in [-0.39, 0.29) is 23.7 Å². The van der Waals surface area contributed by atoms with Crippen LogP contribution in [0.1, 0.15) is 64.5 Å². The van der Waals surface area contributed by atoms with Crippen molar-refractivity contribution in [3.05, 3.63) is 18.0 Å². The standard InChI is InChI=1S/C16H26N2O3/c1-10(2)18-9-11(17)7-12(18)14(19)20-13-8-15(3,4)21-16(13,5)6/h7,9-10,13H,8,17H2,1-6H3. The molecule has 1 unspecified atom stereocenters. The molecular weight excluding hydrogens is 268 g/mol. The number of rotatable bonds is 3. The van der Waals surface area contributed by atoms with Crippen molar-refractivity contribution in [1.29, 1.82) is 0 Å². The van der Waals surface area contributed by atoms with E-state index >= 15 is 0 Å². The minimum atomic E-state index is -0.486. The van der Waals surface area contributed by atoms with Gasteiger partial charge in [-0.05, 0) is 47.6 Å². The smallest absolute Gasteiger partial charge is 0.355 e. The number of nitrogens with two attached hydrogens (primary N) is 1. The van der Waals surface area contributed by atoms with Gasteiger partial charge in [0.2, 0.25) is 0 Å². The summed E-state index contributed by atoms with van der Waals surface area (Å²) in [7, 11) is 0. The first-order valence-corrected chi connectivity index (χ1v) is 7.40. The van der Waals surface area contributed by atoms with Crippen LogP contribution < -0.4 is 5.73 Å². The minimum absolute atomic E-state index is 0.147. The summed E-state index contributed by atoms with van der Waals surface area (Å²) >= 11 is 0. The molecular formula is C16H26N2O3. The van der Waals surface area contributed by atoms with Crippen LogP contribution in [-0.4, -0.2) is 27.8 Å². The Bertz CT molecular complexity index is 544. The average molecular weight is 294 g/mol. The largest absolute Gasteiger partial charge is 0.455 e. The molecule has 0 bridgehead atoms. The molecule has 1 aromatic heterocycles. The third kappa shape index (κ3) is 3.23. The van der Waals surface area contributed by atoms with Crippen LogP contribution >= 0.6 is 0 Å². The molecule has 0 radical (unpaired) electrons. The van der Waals surface area contributed by atoms with Gasteiger partial charge in [-0.25, -0.2) is 4.79 Å². The summed E-state index contributed by atoms with van der Waals surface area (Å²) in [4.78, 5) is 12.5. The van der Waals surface area contributed by atoms with E-state index in [1.165, 1.54) is 0 Å². The van der Waals surface area contributed by atoms with Gasteiger partial charge in [0.1, 0.15) is 17.4 Å². The van der Waals surface area contributed by atoms with Crippen molar-refractivity contribution in [3.8, 4) is 0 Å². The van der Waals surface area contributed by atoms with Crippen LogP contribution in [0.3, 0.4) is 0 Å². The van der Waals surface area contributed by atoms with E-state index < -0.39 is 5.60 Å². The number of hydrogen-bond donors (Lipinski definition) is 1. The number of anilines is 1. The van der Waals surface area contributed by atoms with Crippen molar-refractivity contribution < 1.29 is 14.3 Å². The quantitative estimate of drug-likeness (QED) is 0.870. The molecule has 0 aromatic carbocycles. The Morgan fingerprint density at radius 2 is 2.05 bits per heavy atom. The van der Waals surface area contributed by atoms with Gasteiger partial charge in [-0.3, -0.25) is 0 Å². The number of ether oxygens (including phenoxy) is 2. The highest BCUT2D eigenvalue weighted by atomic mass is 16.6. The first kappa shape index (κ1) is 15.9. The first-order valence-electron chi connectivity index (χ1n) is 7.40. The summed E-state index contributed by atoms with van der Waals surface area (Å²) in [6.45, 7) is 11.9. The Balaban J connectivity index is 2.19. The normalized spacial score (nSPS) is 23.5. The van der Waals surface area contributed by atoms with Gasteiger partial charge in [-0.2, -0.15) is 0 Å². The maximum Gasteiger partial charge on any atom is 0.355 e. The highest BCUT2D eigenvalue weighted by molar-refractivity contribution is 5.89. The molecule has 118 valence electrons. The molecule has 1 fully saturated rings. The van der Waals surface area contributed by atoms with E-state index in [9.17, 15) is 4.79 Å². The monoisotopic (exact) mass is 294 g/mol. The molecule has 2 rings (SSSR count). The van der Waals surface area contributed by atoms with Crippen molar-refractivity contribution >= 4 is 11.7 Å². The second kappa shape index (κ2) is 5.05. The molecule has 1 aromatic rings. The molecule has 0 saturated carbocycles. The van der Waals surface area contributed by atoms with Crippen LogP contribution in [0.15, 0.2) is 12.3 Å². The van der Waals surface area contributed by atoms with Gasteiger partial charge < -0.3 is 19.8 Å². The lowest BCUT2D eigenvalue weighted by atomic mass is 9.97. The fraction of sp³-hybridized carbons (Fsp3) is 0.688. The lowest BCUT2D eigenvalue weighted by Crippen LogP contribution is -2.36. The first-order chi connectivity index (χ1) is 9.52. The van der Waals surface area contributed by atoms with Crippen molar-refractivity contribution in [2.75, 3.05) is 5.73 Å². The minimum Gasteiger partial charge on any atom is -0.455 e. The zero-order valence-corrected chi connectivity index (χ0v) is 13.8. The number of hydrogen-bond acceptors (Lipinski definition) is 4. The summed E-state index contributed by atoms with van der Waals surface area (Å²) in [6.07, 6.45) is 2.18. The predicted octanol–water partition coefficient (Wildman–Crippen LogP) is 3.15. The molecule has 1 aliphatic rings. The van der Waals surface area contributed by atoms with Crippen LogP contribution in [0.2, 0.25) is 0 Å². The summed E-state index contributed by atoms with van der Waals surface area (Å²) in [6, 6.07) is 1.81. The SMILES string of the molecule is CC(C)n1cc(N)cc1C(=O)OC1CC(C)(C)OC1(C)C. The zero-order chi connectivity index (χ0) is 16.0. The second-order valence-electron chi connectivity index (χ2n) is 7.22. The van der Waals surface area contributed by atoms with Crippen LogP contribution in [0.4, 0.5) is 5.69 Å². The number of carbonyl (C=O) groups excluding carboxylic acids is 1. The van der Waals surface area contributed by atoms with Crippen molar-refractivity contribution in [1.82, 2.24) is 4.57 Å². The number of aromatic nitrogens is 1. The van der Waals surface area contributed by atoms with E-state index in [1.807, 2.05) is 46.1 Å². The Hall–Kier alpha value is -1.49. The third-order valence-corrected chi connectivity index (χ3v) is 3.88. The Morgan fingerprint density at radius 1 is 1.43 bits per heavy atom. The summed E-state index contributed by atoms with van der Waals surface area (Å²) in [5.74, 6) is -0.347. The number of carbonyl (C=O) groups is 1. The molecule has 0 amide bonds. The number of nitrogen functional groups attached to an aromatic ring is 1.